The second-order valence-corrected chi connectivity index (χ2v) is 4.60. The van der Waals surface area contributed by atoms with Gasteiger partial charge in [0.05, 0.1) is 11.6 Å². The Balaban J connectivity index is 2.49. The van der Waals surface area contributed by atoms with E-state index in [-0.39, 0.29) is 10.6 Å². The lowest BCUT2D eigenvalue weighted by Crippen LogP contribution is -2.14. The fourth-order valence-corrected chi connectivity index (χ4v) is 2.13. The average Bonchev–Trinajstić information content (AvgIpc) is 2.44. The first kappa shape index (κ1) is 15.1. The molecule has 0 heterocycles. The normalized spacial score (nSPS) is 11.8. The molecule has 2 nitrogen and oxygen atoms in total. The summed E-state index contributed by atoms with van der Waals surface area (Å²) in [5.41, 5.74) is -0.517. The van der Waals surface area contributed by atoms with Crippen LogP contribution in [0.4, 0.5) is 13.2 Å². The Kier molecular flexibility index (Phi) is 4.29. The van der Waals surface area contributed by atoms with Gasteiger partial charge in [0.25, 0.3) is 0 Å². The SMILES string of the molecule is N#CC(C(=O)c1cccc(F)c1F)c1ccc(F)cc1Cl. The number of rotatable bonds is 3. The van der Waals surface area contributed by atoms with Gasteiger partial charge < -0.3 is 0 Å². The number of halogens is 4. The lowest BCUT2D eigenvalue weighted by atomic mass is 9.91. The first-order chi connectivity index (χ1) is 9.95. The minimum atomic E-state index is -1.45. The zero-order valence-corrected chi connectivity index (χ0v) is 11.2. The summed E-state index contributed by atoms with van der Waals surface area (Å²) in [6.45, 7) is 0. The number of carbonyl (C=O) groups excluding carboxylic acids is 1. The molecule has 0 aliphatic heterocycles. The topological polar surface area (TPSA) is 40.9 Å². The van der Waals surface area contributed by atoms with E-state index in [1.54, 1.807) is 6.07 Å². The highest BCUT2D eigenvalue weighted by Crippen LogP contribution is 2.29. The number of nitriles is 1. The molecule has 21 heavy (non-hydrogen) atoms. The number of ketones is 1. The van der Waals surface area contributed by atoms with Crippen molar-refractivity contribution >= 4 is 17.4 Å². The summed E-state index contributed by atoms with van der Waals surface area (Å²) in [5.74, 6) is -5.55. The Morgan fingerprint density at radius 2 is 1.90 bits per heavy atom. The van der Waals surface area contributed by atoms with Gasteiger partial charge in [0, 0.05) is 5.02 Å². The van der Waals surface area contributed by atoms with Crippen LogP contribution in [0.1, 0.15) is 21.8 Å². The Morgan fingerprint density at radius 3 is 2.52 bits per heavy atom. The molecule has 0 saturated carbocycles. The predicted octanol–water partition coefficient (Wildman–Crippen LogP) is 4.25. The third kappa shape index (κ3) is 2.91. The van der Waals surface area contributed by atoms with Crippen molar-refractivity contribution < 1.29 is 18.0 Å². The van der Waals surface area contributed by atoms with E-state index >= 15 is 0 Å². The van der Waals surface area contributed by atoms with Gasteiger partial charge in [-0.1, -0.05) is 23.7 Å². The highest BCUT2D eigenvalue weighted by Gasteiger charge is 2.27. The largest absolute Gasteiger partial charge is 0.292 e. The first-order valence-corrected chi connectivity index (χ1v) is 6.16. The average molecular weight is 310 g/mol. The van der Waals surface area contributed by atoms with Crippen LogP contribution < -0.4 is 0 Å². The van der Waals surface area contributed by atoms with Crippen molar-refractivity contribution in [3.63, 3.8) is 0 Å². The number of hydrogen-bond acceptors (Lipinski definition) is 2. The molecule has 6 heteroatoms. The maximum atomic E-state index is 13.6. The molecule has 1 unspecified atom stereocenters. The standard InChI is InChI=1S/C15H7ClF3NO/c16-12-6-8(17)4-5-9(12)11(7-20)15(21)10-2-1-3-13(18)14(10)19/h1-6,11H. The molecule has 0 aliphatic rings. The molecule has 0 fully saturated rings. The van der Waals surface area contributed by atoms with Gasteiger partial charge in [0.15, 0.2) is 17.4 Å². The maximum Gasteiger partial charge on any atom is 0.187 e. The van der Waals surface area contributed by atoms with Crippen LogP contribution in [0.15, 0.2) is 36.4 Å². The molecule has 0 N–H and O–H groups in total. The van der Waals surface area contributed by atoms with E-state index in [4.69, 9.17) is 16.9 Å². The van der Waals surface area contributed by atoms with Crippen molar-refractivity contribution in [2.75, 3.05) is 0 Å². The fourth-order valence-electron chi connectivity index (χ4n) is 1.85. The quantitative estimate of drug-likeness (QED) is 0.795. The van der Waals surface area contributed by atoms with Crippen LogP contribution in [-0.4, -0.2) is 5.78 Å². The van der Waals surface area contributed by atoms with E-state index in [0.29, 0.717) is 0 Å². The van der Waals surface area contributed by atoms with Crippen LogP contribution in [0.2, 0.25) is 5.02 Å². The van der Waals surface area contributed by atoms with Gasteiger partial charge in [-0.05, 0) is 29.8 Å². The summed E-state index contributed by atoms with van der Waals surface area (Å²) in [4.78, 5) is 12.2. The summed E-state index contributed by atoms with van der Waals surface area (Å²) in [5, 5.41) is 8.99. The molecule has 0 spiro atoms. The van der Waals surface area contributed by atoms with Crippen molar-refractivity contribution in [2.45, 2.75) is 5.92 Å². The Labute approximate surface area is 123 Å². The van der Waals surface area contributed by atoms with Crippen LogP contribution in [0.25, 0.3) is 0 Å². The van der Waals surface area contributed by atoms with Gasteiger partial charge in [-0.3, -0.25) is 4.79 Å². The Bertz CT molecular complexity index is 755. The van der Waals surface area contributed by atoms with Gasteiger partial charge in [0.2, 0.25) is 0 Å². The molecular weight excluding hydrogens is 303 g/mol. The summed E-state index contributed by atoms with van der Waals surface area (Å²) in [7, 11) is 0. The minimum absolute atomic E-state index is 0.0363. The second-order valence-electron chi connectivity index (χ2n) is 4.19. The number of carbonyl (C=O) groups is 1. The first-order valence-electron chi connectivity index (χ1n) is 5.78. The van der Waals surface area contributed by atoms with Crippen LogP contribution in [0.3, 0.4) is 0 Å². The van der Waals surface area contributed by atoms with Crippen LogP contribution in [0, 0.1) is 28.8 Å². The molecule has 2 aromatic rings. The molecule has 1 atom stereocenters. The molecule has 0 aromatic heterocycles. The highest BCUT2D eigenvalue weighted by molar-refractivity contribution is 6.31. The van der Waals surface area contributed by atoms with Crippen molar-refractivity contribution in [1.82, 2.24) is 0 Å². The molecule has 0 saturated heterocycles. The lowest BCUT2D eigenvalue weighted by molar-refractivity contribution is 0.0974. The smallest absolute Gasteiger partial charge is 0.187 e. The van der Waals surface area contributed by atoms with Gasteiger partial charge in [-0.15, -0.1) is 0 Å². The predicted molar refractivity (Wildman–Crippen MR) is 70.5 cm³/mol. The number of nitrogens with zero attached hydrogens (tertiary/aromatic N) is 1. The Hall–Kier alpha value is -2.32. The van der Waals surface area contributed by atoms with Gasteiger partial charge >= 0.3 is 0 Å². The summed E-state index contributed by atoms with van der Waals surface area (Å²) in [6, 6.07) is 7.91. The third-order valence-electron chi connectivity index (χ3n) is 2.88. The Morgan fingerprint density at radius 1 is 1.19 bits per heavy atom. The second kappa shape index (κ2) is 5.98. The van der Waals surface area contributed by atoms with Crippen molar-refractivity contribution in [2.24, 2.45) is 0 Å². The summed E-state index contributed by atoms with van der Waals surface area (Å²) in [6.07, 6.45) is 0. The molecular formula is C15H7ClF3NO. The van der Waals surface area contributed by atoms with Crippen LogP contribution >= 0.6 is 11.6 Å². The molecule has 2 rings (SSSR count). The highest BCUT2D eigenvalue weighted by atomic mass is 35.5. The third-order valence-corrected chi connectivity index (χ3v) is 3.21. The maximum absolute atomic E-state index is 13.6. The number of Topliss-reactive ketones (excluding diaryl/α,β-unsaturated/α-hetero) is 1. The molecule has 0 radical (unpaired) electrons. The zero-order valence-electron chi connectivity index (χ0n) is 10.4. The number of hydrogen-bond donors (Lipinski definition) is 0. The van der Waals surface area contributed by atoms with Crippen molar-refractivity contribution in [1.29, 1.82) is 5.26 Å². The molecule has 0 aliphatic carbocycles. The van der Waals surface area contributed by atoms with Gasteiger partial charge in [-0.2, -0.15) is 5.26 Å². The zero-order chi connectivity index (χ0) is 15.6. The van der Waals surface area contributed by atoms with E-state index in [0.717, 1.165) is 30.3 Å². The van der Waals surface area contributed by atoms with E-state index in [2.05, 4.69) is 0 Å². The van der Waals surface area contributed by atoms with E-state index in [1.807, 2.05) is 0 Å². The molecule has 0 bridgehead atoms. The lowest BCUT2D eigenvalue weighted by Gasteiger charge is -2.11. The van der Waals surface area contributed by atoms with E-state index in [9.17, 15) is 18.0 Å². The molecule has 106 valence electrons. The van der Waals surface area contributed by atoms with E-state index < -0.39 is 34.7 Å². The number of benzene rings is 2. The minimum Gasteiger partial charge on any atom is -0.292 e. The molecule has 2 aromatic carbocycles. The fraction of sp³-hybridized carbons (Fsp3) is 0.0667. The summed E-state index contributed by atoms with van der Waals surface area (Å²) < 4.78 is 39.8. The van der Waals surface area contributed by atoms with Gasteiger partial charge in [-0.25, -0.2) is 13.2 Å². The van der Waals surface area contributed by atoms with Crippen molar-refractivity contribution in [3.8, 4) is 6.07 Å². The van der Waals surface area contributed by atoms with Crippen LogP contribution in [-0.2, 0) is 0 Å². The molecule has 0 amide bonds. The monoisotopic (exact) mass is 309 g/mol. The summed E-state index contributed by atoms with van der Waals surface area (Å²) >= 11 is 5.79. The van der Waals surface area contributed by atoms with Crippen molar-refractivity contribution in [3.05, 3.63) is 70.0 Å². The van der Waals surface area contributed by atoms with Crippen LogP contribution in [0.5, 0.6) is 0 Å². The van der Waals surface area contributed by atoms with Gasteiger partial charge in [0.1, 0.15) is 11.7 Å². The van der Waals surface area contributed by atoms with E-state index in [1.165, 1.54) is 6.07 Å².